The zero-order chi connectivity index (χ0) is 13.2. The van der Waals surface area contributed by atoms with E-state index in [1.807, 2.05) is 0 Å². The molecular formula is C10H14N4O3. The second-order valence-corrected chi connectivity index (χ2v) is 3.77. The summed E-state index contributed by atoms with van der Waals surface area (Å²) in [4.78, 5) is 39.8. The molecule has 0 amide bonds. The van der Waals surface area contributed by atoms with Crippen LogP contribution in [-0.2, 0) is 14.1 Å². The highest BCUT2D eigenvalue weighted by atomic mass is 16.2. The van der Waals surface area contributed by atoms with E-state index < -0.39 is 11.2 Å². The summed E-state index contributed by atoms with van der Waals surface area (Å²) in [5.41, 5.74) is -1.30. The first-order chi connectivity index (χ1) is 7.90. The maximum atomic E-state index is 11.7. The van der Waals surface area contributed by atoms with Crippen molar-refractivity contribution in [3.05, 3.63) is 26.4 Å². The zero-order valence-electron chi connectivity index (χ0n) is 10.2. The molecule has 7 nitrogen and oxygen atoms in total. The zero-order valence-corrected chi connectivity index (χ0v) is 10.2. The number of aldehydes is 1. The van der Waals surface area contributed by atoms with Gasteiger partial charge < -0.3 is 4.90 Å². The van der Waals surface area contributed by atoms with Crippen molar-refractivity contribution in [2.45, 2.75) is 0 Å². The van der Waals surface area contributed by atoms with E-state index in [2.05, 4.69) is 4.99 Å². The highest BCUT2D eigenvalue weighted by molar-refractivity contribution is 5.82. The van der Waals surface area contributed by atoms with E-state index in [0.717, 1.165) is 9.13 Å². The second kappa shape index (κ2) is 4.77. The number of aliphatic imine (C=N–C) groups is 1. The van der Waals surface area contributed by atoms with Gasteiger partial charge in [-0.3, -0.25) is 18.7 Å². The van der Waals surface area contributed by atoms with E-state index in [0.29, 0.717) is 6.29 Å². The Labute approximate surface area is 97.6 Å². The molecule has 1 aromatic heterocycles. The minimum atomic E-state index is -0.644. The standard InChI is InChI=1S/C10H14N4O3/c1-12(2)6-11-8-7(5-15)9(16)14(4)10(17)13(8)3/h5-6H,1-4H3/b11-6+. The Morgan fingerprint density at radius 1 is 1.18 bits per heavy atom. The van der Waals surface area contributed by atoms with Crippen LogP contribution in [-0.4, -0.2) is 40.8 Å². The van der Waals surface area contributed by atoms with Crippen LogP contribution in [0.5, 0.6) is 0 Å². The lowest BCUT2D eigenvalue weighted by molar-refractivity contribution is 0.112. The van der Waals surface area contributed by atoms with Crippen LogP contribution in [0.4, 0.5) is 5.82 Å². The lowest BCUT2D eigenvalue weighted by Gasteiger charge is -2.09. The van der Waals surface area contributed by atoms with Crippen LogP contribution in [0.2, 0.25) is 0 Å². The van der Waals surface area contributed by atoms with Crippen molar-refractivity contribution in [3.63, 3.8) is 0 Å². The molecule has 0 unspecified atom stereocenters. The van der Waals surface area contributed by atoms with Crippen molar-refractivity contribution in [1.29, 1.82) is 0 Å². The molecule has 0 bridgehead atoms. The molecule has 1 rings (SSSR count). The summed E-state index contributed by atoms with van der Waals surface area (Å²) >= 11 is 0. The van der Waals surface area contributed by atoms with E-state index in [1.54, 1.807) is 19.0 Å². The lowest BCUT2D eigenvalue weighted by Crippen LogP contribution is -2.38. The molecule has 0 fully saturated rings. The Hall–Kier alpha value is -2.18. The molecule has 92 valence electrons. The van der Waals surface area contributed by atoms with Crippen LogP contribution in [0.3, 0.4) is 0 Å². The monoisotopic (exact) mass is 238 g/mol. The van der Waals surface area contributed by atoms with Crippen LogP contribution < -0.4 is 11.2 Å². The average molecular weight is 238 g/mol. The summed E-state index contributed by atoms with van der Waals surface area (Å²) in [6, 6.07) is 0. The number of carbonyl (C=O) groups is 1. The minimum Gasteiger partial charge on any atom is -0.369 e. The second-order valence-electron chi connectivity index (χ2n) is 3.77. The molecule has 0 aliphatic rings. The Morgan fingerprint density at radius 2 is 1.76 bits per heavy atom. The van der Waals surface area contributed by atoms with Crippen LogP contribution in [0, 0.1) is 0 Å². The summed E-state index contributed by atoms with van der Waals surface area (Å²) < 4.78 is 2.03. The summed E-state index contributed by atoms with van der Waals surface area (Å²) in [6.45, 7) is 0. The largest absolute Gasteiger partial charge is 0.369 e. The Morgan fingerprint density at radius 3 is 2.24 bits per heavy atom. The van der Waals surface area contributed by atoms with Crippen LogP contribution >= 0.6 is 0 Å². The number of hydrogen-bond acceptors (Lipinski definition) is 4. The average Bonchev–Trinajstić information content (AvgIpc) is 2.29. The van der Waals surface area contributed by atoms with Crippen molar-refractivity contribution in [3.8, 4) is 0 Å². The molecule has 0 N–H and O–H groups in total. The van der Waals surface area contributed by atoms with Gasteiger partial charge in [-0.1, -0.05) is 0 Å². The first-order valence-corrected chi connectivity index (χ1v) is 4.86. The third kappa shape index (κ3) is 2.32. The highest BCUT2D eigenvalue weighted by Gasteiger charge is 2.13. The van der Waals surface area contributed by atoms with Gasteiger partial charge in [0.15, 0.2) is 12.1 Å². The number of hydrogen-bond donors (Lipinski definition) is 0. The van der Waals surface area contributed by atoms with Crippen molar-refractivity contribution < 1.29 is 4.79 Å². The molecule has 0 atom stereocenters. The Balaban J connectivity index is 3.65. The predicted octanol–water partition coefficient (Wildman–Crippen LogP) is -0.882. The normalized spacial score (nSPS) is 10.8. The van der Waals surface area contributed by atoms with Gasteiger partial charge in [-0.25, -0.2) is 9.79 Å². The molecule has 0 spiro atoms. The number of aromatic nitrogens is 2. The van der Waals surface area contributed by atoms with Crippen molar-refractivity contribution in [1.82, 2.24) is 14.0 Å². The molecule has 7 heteroatoms. The third-order valence-electron chi connectivity index (χ3n) is 2.20. The highest BCUT2D eigenvalue weighted by Crippen LogP contribution is 2.09. The van der Waals surface area contributed by atoms with Crippen molar-refractivity contribution >= 4 is 18.4 Å². The predicted molar refractivity (Wildman–Crippen MR) is 64.2 cm³/mol. The summed E-state index contributed by atoms with van der Waals surface area (Å²) in [5.74, 6) is 0.0572. The Kier molecular flexibility index (Phi) is 3.62. The molecule has 0 aliphatic carbocycles. The van der Waals surface area contributed by atoms with Gasteiger partial charge in [-0.15, -0.1) is 0 Å². The number of carbonyl (C=O) groups excluding carboxylic acids is 1. The molecule has 0 saturated carbocycles. The van der Waals surface area contributed by atoms with Crippen molar-refractivity contribution in [2.24, 2.45) is 19.1 Å². The fraction of sp³-hybridized carbons (Fsp3) is 0.400. The van der Waals surface area contributed by atoms with Gasteiger partial charge in [0, 0.05) is 28.2 Å². The third-order valence-corrected chi connectivity index (χ3v) is 2.20. The van der Waals surface area contributed by atoms with Gasteiger partial charge in [0.25, 0.3) is 5.56 Å². The van der Waals surface area contributed by atoms with Crippen LogP contribution in [0.1, 0.15) is 10.4 Å². The molecule has 0 aliphatic heterocycles. The Bertz CT molecular complexity index is 580. The number of rotatable bonds is 3. The summed E-state index contributed by atoms with van der Waals surface area (Å²) in [7, 11) is 6.25. The quantitative estimate of drug-likeness (QED) is 0.389. The molecule has 1 heterocycles. The van der Waals surface area contributed by atoms with Gasteiger partial charge in [-0.2, -0.15) is 0 Å². The van der Waals surface area contributed by atoms with Gasteiger partial charge in [-0.05, 0) is 0 Å². The van der Waals surface area contributed by atoms with Crippen LogP contribution in [0.15, 0.2) is 14.6 Å². The summed E-state index contributed by atoms with van der Waals surface area (Å²) in [5, 5.41) is 0. The topological polar surface area (TPSA) is 76.7 Å². The SMILES string of the molecule is CN(C)/C=N/c1c(C=O)c(=O)n(C)c(=O)n1C. The number of nitrogens with zero attached hydrogens (tertiary/aromatic N) is 4. The first kappa shape index (κ1) is 12.9. The van der Waals surface area contributed by atoms with E-state index in [-0.39, 0.29) is 11.4 Å². The smallest absolute Gasteiger partial charge is 0.332 e. The molecule has 0 saturated heterocycles. The van der Waals surface area contributed by atoms with Gasteiger partial charge in [0.05, 0.1) is 6.34 Å². The molecule has 0 aromatic carbocycles. The van der Waals surface area contributed by atoms with E-state index in [1.165, 1.54) is 20.4 Å². The van der Waals surface area contributed by atoms with Gasteiger partial charge in [0.1, 0.15) is 5.56 Å². The molecule has 0 radical (unpaired) electrons. The van der Waals surface area contributed by atoms with Gasteiger partial charge in [0.2, 0.25) is 0 Å². The first-order valence-electron chi connectivity index (χ1n) is 4.86. The molecule has 17 heavy (non-hydrogen) atoms. The maximum Gasteiger partial charge on any atom is 0.332 e. The summed E-state index contributed by atoms with van der Waals surface area (Å²) in [6.07, 6.45) is 1.82. The minimum absolute atomic E-state index is 0.0572. The fourth-order valence-corrected chi connectivity index (χ4v) is 1.29. The maximum absolute atomic E-state index is 11.7. The molecule has 1 aromatic rings. The fourth-order valence-electron chi connectivity index (χ4n) is 1.29. The van der Waals surface area contributed by atoms with Gasteiger partial charge >= 0.3 is 5.69 Å². The van der Waals surface area contributed by atoms with Crippen LogP contribution in [0.25, 0.3) is 0 Å². The molecular weight excluding hydrogens is 224 g/mol. The van der Waals surface area contributed by atoms with E-state index in [9.17, 15) is 14.4 Å². The lowest BCUT2D eigenvalue weighted by atomic mass is 10.3. The van der Waals surface area contributed by atoms with Crippen molar-refractivity contribution in [2.75, 3.05) is 14.1 Å². The van der Waals surface area contributed by atoms with E-state index in [4.69, 9.17) is 0 Å². The van der Waals surface area contributed by atoms with E-state index >= 15 is 0 Å².